The van der Waals surface area contributed by atoms with Gasteiger partial charge in [-0.1, -0.05) is 6.07 Å². The van der Waals surface area contributed by atoms with Crippen LogP contribution in [0.2, 0.25) is 0 Å². The van der Waals surface area contributed by atoms with Gasteiger partial charge in [0.2, 0.25) is 0 Å². The lowest BCUT2D eigenvalue weighted by atomic mass is 10.0. The maximum Gasteiger partial charge on any atom is 0.267 e. The molecule has 0 saturated carbocycles. The monoisotopic (exact) mass is 355 g/mol. The normalized spacial score (nSPS) is 11.4. The number of aryl methyl sites for hydroxylation is 1. The molecule has 2 heterocycles. The number of halogens is 1. The molecule has 0 saturated heterocycles. The first-order chi connectivity index (χ1) is 12.3. The molecule has 7 heteroatoms. The summed E-state index contributed by atoms with van der Waals surface area (Å²) in [5.74, 6) is -0.432. The number of furan rings is 1. The maximum atomic E-state index is 13.7. The van der Waals surface area contributed by atoms with Crippen LogP contribution in [0.1, 0.15) is 19.4 Å². The Labute approximate surface area is 149 Å². The molecular weight excluding hydrogens is 337 g/mol. The lowest BCUT2D eigenvalue weighted by Gasteiger charge is -2.25. The summed E-state index contributed by atoms with van der Waals surface area (Å²) < 4.78 is 20.1. The number of aromatic nitrogens is 2. The van der Waals surface area contributed by atoms with E-state index < -0.39 is 22.8 Å². The Morgan fingerprint density at radius 1 is 1.23 bits per heavy atom. The van der Waals surface area contributed by atoms with Crippen molar-refractivity contribution in [2.45, 2.75) is 26.3 Å². The number of hydrogen-bond donors (Lipinski definition) is 1. The highest BCUT2D eigenvalue weighted by atomic mass is 19.1. The average molecular weight is 355 g/mol. The molecule has 0 atom stereocenters. The number of anilines is 1. The van der Waals surface area contributed by atoms with Crippen LogP contribution >= 0.6 is 0 Å². The number of rotatable bonds is 4. The van der Waals surface area contributed by atoms with Gasteiger partial charge in [-0.15, -0.1) is 0 Å². The topological polar surface area (TPSA) is 77.1 Å². The highest BCUT2D eigenvalue weighted by Gasteiger charge is 2.32. The number of carbonyl (C=O) groups excluding carboxylic acids is 1. The van der Waals surface area contributed by atoms with Gasteiger partial charge < -0.3 is 9.73 Å². The molecule has 0 unspecified atom stereocenters. The van der Waals surface area contributed by atoms with Gasteiger partial charge in [0, 0.05) is 11.8 Å². The first kappa shape index (κ1) is 17.6. The molecule has 0 aliphatic carbocycles. The summed E-state index contributed by atoms with van der Waals surface area (Å²) in [6, 6.07) is 10.7. The van der Waals surface area contributed by atoms with E-state index in [1.807, 2.05) is 0 Å². The van der Waals surface area contributed by atoms with Crippen molar-refractivity contribution < 1.29 is 13.6 Å². The zero-order valence-corrected chi connectivity index (χ0v) is 14.6. The van der Waals surface area contributed by atoms with Gasteiger partial charge in [-0.25, -0.2) is 9.07 Å². The van der Waals surface area contributed by atoms with E-state index in [0.717, 1.165) is 4.68 Å². The molecule has 1 amide bonds. The largest absolute Gasteiger partial charge is 0.463 e. The Morgan fingerprint density at radius 3 is 2.65 bits per heavy atom. The molecule has 6 nitrogen and oxygen atoms in total. The number of nitrogens with one attached hydrogen (secondary N) is 1. The second-order valence-corrected chi connectivity index (χ2v) is 6.42. The minimum absolute atomic E-state index is 0.307. The summed E-state index contributed by atoms with van der Waals surface area (Å²) in [5.41, 5.74) is -0.527. The molecule has 0 spiro atoms. The minimum atomic E-state index is -1.30. The number of nitrogens with zero attached hydrogens (tertiary/aromatic N) is 2. The van der Waals surface area contributed by atoms with Crippen LogP contribution in [0.15, 0.2) is 57.9 Å². The molecule has 1 aromatic carbocycles. The van der Waals surface area contributed by atoms with Crippen molar-refractivity contribution in [1.82, 2.24) is 9.78 Å². The second-order valence-electron chi connectivity index (χ2n) is 6.42. The van der Waals surface area contributed by atoms with Crippen LogP contribution < -0.4 is 10.9 Å². The first-order valence-corrected chi connectivity index (χ1v) is 8.01. The standard InChI is InChI=1S/C19H18FN3O3/c1-12-6-7-13(11-14(12)20)21-18(25)19(2,3)23-17(24)9-8-15(22-23)16-5-4-10-26-16/h4-11H,1-3H3,(H,21,25). The van der Waals surface area contributed by atoms with Gasteiger partial charge in [0.15, 0.2) is 5.76 Å². The van der Waals surface area contributed by atoms with Gasteiger partial charge in [-0.2, -0.15) is 5.10 Å². The van der Waals surface area contributed by atoms with Crippen LogP contribution in [0.5, 0.6) is 0 Å². The minimum Gasteiger partial charge on any atom is -0.463 e. The molecular formula is C19H18FN3O3. The number of carbonyl (C=O) groups is 1. The van der Waals surface area contributed by atoms with Crippen molar-refractivity contribution in [2.75, 3.05) is 5.32 Å². The van der Waals surface area contributed by atoms with Crippen LogP contribution in [-0.2, 0) is 10.3 Å². The fraction of sp³-hybridized carbons (Fsp3) is 0.211. The SMILES string of the molecule is Cc1ccc(NC(=O)C(C)(C)n2nc(-c3ccco3)ccc2=O)cc1F. The molecule has 3 rings (SSSR count). The predicted molar refractivity (Wildman–Crippen MR) is 95.3 cm³/mol. The summed E-state index contributed by atoms with van der Waals surface area (Å²) in [6.45, 7) is 4.76. The summed E-state index contributed by atoms with van der Waals surface area (Å²) in [5, 5.41) is 6.88. The Kier molecular flexibility index (Phi) is 4.46. The third-order valence-corrected chi connectivity index (χ3v) is 4.09. The van der Waals surface area contributed by atoms with E-state index in [4.69, 9.17) is 4.42 Å². The van der Waals surface area contributed by atoms with Gasteiger partial charge in [0.25, 0.3) is 11.5 Å². The third kappa shape index (κ3) is 3.28. The van der Waals surface area contributed by atoms with Crippen LogP contribution in [0.25, 0.3) is 11.5 Å². The maximum absolute atomic E-state index is 13.7. The Balaban J connectivity index is 1.93. The number of hydrogen-bond acceptors (Lipinski definition) is 4. The lowest BCUT2D eigenvalue weighted by Crippen LogP contribution is -2.47. The van der Waals surface area contributed by atoms with Gasteiger partial charge in [0.05, 0.1) is 6.26 Å². The van der Waals surface area contributed by atoms with Crippen molar-refractivity contribution in [3.63, 3.8) is 0 Å². The van der Waals surface area contributed by atoms with E-state index in [0.29, 0.717) is 22.7 Å². The van der Waals surface area contributed by atoms with Gasteiger partial charge in [-0.05, 0) is 56.7 Å². The van der Waals surface area contributed by atoms with Crippen LogP contribution in [0.4, 0.5) is 10.1 Å². The molecule has 0 aliphatic rings. The molecule has 0 bridgehead atoms. The Bertz CT molecular complexity index is 1010. The van der Waals surface area contributed by atoms with Gasteiger partial charge >= 0.3 is 0 Å². The highest BCUT2D eigenvalue weighted by Crippen LogP contribution is 2.21. The summed E-state index contributed by atoms with van der Waals surface area (Å²) in [6.07, 6.45) is 1.50. The van der Waals surface area contributed by atoms with E-state index >= 15 is 0 Å². The molecule has 1 N–H and O–H groups in total. The van der Waals surface area contributed by atoms with E-state index in [9.17, 15) is 14.0 Å². The van der Waals surface area contributed by atoms with Crippen molar-refractivity contribution >= 4 is 11.6 Å². The van der Waals surface area contributed by atoms with E-state index in [1.165, 1.54) is 24.5 Å². The molecule has 134 valence electrons. The molecule has 0 aliphatic heterocycles. The van der Waals surface area contributed by atoms with Crippen molar-refractivity contribution in [3.8, 4) is 11.5 Å². The van der Waals surface area contributed by atoms with Crippen LogP contribution in [0, 0.1) is 12.7 Å². The fourth-order valence-electron chi connectivity index (χ4n) is 2.42. The zero-order valence-electron chi connectivity index (χ0n) is 14.6. The van der Waals surface area contributed by atoms with Gasteiger partial charge in [0.1, 0.15) is 17.1 Å². The molecule has 0 radical (unpaired) electrons. The van der Waals surface area contributed by atoms with Gasteiger partial charge in [-0.3, -0.25) is 9.59 Å². The van der Waals surface area contributed by atoms with Crippen LogP contribution in [0.3, 0.4) is 0 Å². The van der Waals surface area contributed by atoms with Crippen molar-refractivity contribution in [1.29, 1.82) is 0 Å². The lowest BCUT2D eigenvalue weighted by molar-refractivity contribution is -0.123. The van der Waals surface area contributed by atoms with E-state index in [-0.39, 0.29) is 0 Å². The number of amides is 1. The van der Waals surface area contributed by atoms with E-state index in [2.05, 4.69) is 10.4 Å². The van der Waals surface area contributed by atoms with Crippen molar-refractivity contribution in [2.24, 2.45) is 0 Å². The quantitative estimate of drug-likeness (QED) is 0.779. The smallest absolute Gasteiger partial charge is 0.267 e. The predicted octanol–water partition coefficient (Wildman–Crippen LogP) is 3.32. The highest BCUT2D eigenvalue weighted by molar-refractivity contribution is 5.96. The molecule has 2 aromatic heterocycles. The number of benzene rings is 1. The van der Waals surface area contributed by atoms with Crippen LogP contribution in [-0.4, -0.2) is 15.7 Å². The fourth-order valence-corrected chi connectivity index (χ4v) is 2.42. The molecule has 0 fully saturated rings. The first-order valence-electron chi connectivity index (χ1n) is 8.01. The summed E-state index contributed by atoms with van der Waals surface area (Å²) in [4.78, 5) is 25.0. The molecule has 3 aromatic rings. The average Bonchev–Trinajstić information content (AvgIpc) is 3.13. The Hall–Kier alpha value is -3.22. The Morgan fingerprint density at radius 2 is 2.00 bits per heavy atom. The molecule has 26 heavy (non-hydrogen) atoms. The third-order valence-electron chi connectivity index (χ3n) is 4.09. The summed E-state index contributed by atoms with van der Waals surface area (Å²) >= 11 is 0. The second kappa shape index (κ2) is 6.59. The summed E-state index contributed by atoms with van der Waals surface area (Å²) in [7, 11) is 0. The van der Waals surface area contributed by atoms with E-state index in [1.54, 1.807) is 45.0 Å². The van der Waals surface area contributed by atoms with Crippen molar-refractivity contribution in [3.05, 3.63) is 70.5 Å². The zero-order chi connectivity index (χ0) is 18.9.